The summed E-state index contributed by atoms with van der Waals surface area (Å²) in [5, 5.41) is 3.56. The molecule has 1 atom stereocenters. The lowest BCUT2D eigenvalue weighted by Gasteiger charge is -2.22. The first-order chi connectivity index (χ1) is 27.8. The van der Waals surface area contributed by atoms with Gasteiger partial charge in [0.25, 0.3) is 0 Å². The number of hydrogen-bond donors (Lipinski definition) is 0. The first kappa shape index (κ1) is 32.2. The van der Waals surface area contributed by atoms with Crippen molar-refractivity contribution in [3.8, 4) is 44.9 Å². The number of rotatable bonds is 6. The predicted octanol–water partition coefficient (Wildman–Crippen LogP) is 13.7. The summed E-state index contributed by atoms with van der Waals surface area (Å²) in [4.78, 5) is 10.4. The van der Waals surface area contributed by atoms with Crippen molar-refractivity contribution in [3.63, 3.8) is 0 Å². The Kier molecular flexibility index (Phi) is 7.59. The Balaban J connectivity index is 1.02. The minimum absolute atomic E-state index is 0.215. The van der Waals surface area contributed by atoms with E-state index in [-0.39, 0.29) is 5.92 Å². The lowest BCUT2D eigenvalue weighted by Crippen LogP contribution is -2.06. The second-order valence-electron chi connectivity index (χ2n) is 14.5. The van der Waals surface area contributed by atoms with E-state index >= 15 is 0 Å². The van der Waals surface area contributed by atoms with Gasteiger partial charge in [-0.2, -0.15) is 0 Å². The van der Waals surface area contributed by atoms with Gasteiger partial charge in [0.2, 0.25) is 0 Å². The molecule has 10 aromatic rings. The van der Waals surface area contributed by atoms with Crippen LogP contribution in [0.15, 0.2) is 199 Å². The quantitative estimate of drug-likeness (QED) is 0.172. The number of fused-ring (bicyclic) bond motifs is 6. The highest BCUT2D eigenvalue weighted by molar-refractivity contribution is 6.14. The van der Waals surface area contributed by atoms with Gasteiger partial charge in [0.05, 0.1) is 16.4 Å². The van der Waals surface area contributed by atoms with Gasteiger partial charge in [0, 0.05) is 33.5 Å². The maximum absolute atomic E-state index is 6.73. The van der Waals surface area contributed by atoms with Gasteiger partial charge in [-0.3, -0.25) is 0 Å². The molecule has 56 heavy (non-hydrogen) atoms. The molecule has 0 N–H and O–H groups in total. The number of benzene rings is 7. The van der Waals surface area contributed by atoms with Gasteiger partial charge < -0.3 is 8.98 Å². The summed E-state index contributed by atoms with van der Waals surface area (Å²) in [6.07, 6.45) is 7.72. The fourth-order valence-electron chi connectivity index (χ4n) is 8.52. The van der Waals surface area contributed by atoms with Crippen LogP contribution in [0.5, 0.6) is 0 Å². The van der Waals surface area contributed by atoms with Gasteiger partial charge in [0.15, 0.2) is 11.4 Å². The molecular weight excluding hydrogens is 683 g/mol. The lowest BCUT2D eigenvalue weighted by atomic mass is 9.88. The van der Waals surface area contributed by atoms with Crippen LogP contribution in [0.3, 0.4) is 0 Å². The predicted molar refractivity (Wildman–Crippen MR) is 231 cm³/mol. The zero-order chi connectivity index (χ0) is 37.0. The minimum Gasteiger partial charge on any atom is -0.452 e. The molecule has 0 aliphatic heterocycles. The molecule has 3 heterocycles. The van der Waals surface area contributed by atoms with E-state index in [0.717, 1.165) is 56.4 Å². The number of para-hydroxylation sites is 2. The van der Waals surface area contributed by atoms with E-state index in [1.807, 2.05) is 30.3 Å². The van der Waals surface area contributed by atoms with Crippen LogP contribution in [0.1, 0.15) is 17.9 Å². The smallest absolute Gasteiger partial charge is 0.180 e. The Morgan fingerprint density at radius 1 is 0.536 bits per heavy atom. The molecule has 0 saturated heterocycles. The van der Waals surface area contributed by atoms with Gasteiger partial charge in [-0.25, -0.2) is 9.97 Å². The van der Waals surface area contributed by atoms with Crippen molar-refractivity contribution >= 4 is 49.6 Å². The molecular formula is C52H35N3O. The fourth-order valence-corrected chi connectivity index (χ4v) is 8.52. The second-order valence-corrected chi connectivity index (χ2v) is 14.5. The van der Waals surface area contributed by atoms with Gasteiger partial charge >= 0.3 is 0 Å². The summed E-state index contributed by atoms with van der Waals surface area (Å²) >= 11 is 0. The molecule has 0 spiro atoms. The standard InChI is InChI=1S/C52H35N3O/c1-3-14-34(15-4-1)35-28-30-36(31-29-35)49-51-50(54-52(53-49)37-16-5-2-6-17-37)48-42(24-13-27-47(48)56-51)40-20-11-18-38(32-40)39-19-12-21-41(33-39)55-45-25-9-7-22-43(45)44-23-8-10-26-46(44)55/h1-32,39H,33H2. The van der Waals surface area contributed by atoms with E-state index in [9.17, 15) is 0 Å². The van der Waals surface area contributed by atoms with Crippen molar-refractivity contribution in [3.05, 3.63) is 200 Å². The summed E-state index contributed by atoms with van der Waals surface area (Å²) in [6, 6.07) is 62.0. The lowest BCUT2D eigenvalue weighted by molar-refractivity contribution is 0.667. The molecule has 4 heteroatoms. The van der Waals surface area contributed by atoms with Crippen LogP contribution in [-0.4, -0.2) is 14.5 Å². The Morgan fingerprint density at radius 2 is 1.16 bits per heavy atom. The van der Waals surface area contributed by atoms with Crippen molar-refractivity contribution in [1.82, 2.24) is 14.5 Å². The van der Waals surface area contributed by atoms with Crippen molar-refractivity contribution in [2.45, 2.75) is 12.3 Å². The van der Waals surface area contributed by atoms with E-state index in [1.165, 1.54) is 38.6 Å². The molecule has 1 aliphatic rings. The number of furan rings is 1. The molecule has 3 aromatic heterocycles. The second kappa shape index (κ2) is 13.2. The Labute approximate surface area is 324 Å². The van der Waals surface area contributed by atoms with Crippen molar-refractivity contribution in [1.29, 1.82) is 0 Å². The van der Waals surface area contributed by atoms with Gasteiger partial charge in [-0.1, -0.05) is 170 Å². The van der Waals surface area contributed by atoms with Gasteiger partial charge in [0.1, 0.15) is 16.8 Å². The molecule has 0 amide bonds. The molecule has 11 rings (SSSR count). The van der Waals surface area contributed by atoms with Crippen LogP contribution in [0, 0.1) is 0 Å². The van der Waals surface area contributed by atoms with Crippen molar-refractivity contribution < 1.29 is 4.42 Å². The third kappa shape index (κ3) is 5.38. The summed E-state index contributed by atoms with van der Waals surface area (Å²) in [5.41, 5.74) is 14.6. The highest BCUT2D eigenvalue weighted by atomic mass is 16.3. The molecule has 1 unspecified atom stereocenters. The largest absolute Gasteiger partial charge is 0.452 e. The maximum atomic E-state index is 6.73. The van der Waals surface area contributed by atoms with E-state index in [4.69, 9.17) is 14.4 Å². The van der Waals surface area contributed by atoms with Crippen molar-refractivity contribution in [2.24, 2.45) is 0 Å². The average Bonchev–Trinajstić information content (AvgIpc) is 3.83. The molecule has 264 valence electrons. The zero-order valence-corrected chi connectivity index (χ0v) is 30.5. The summed E-state index contributed by atoms with van der Waals surface area (Å²) in [7, 11) is 0. The summed E-state index contributed by atoms with van der Waals surface area (Å²) < 4.78 is 9.18. The highest BCUT2D eigenvalue weighted by Gasteiger charge is 2.23. The minimum atomic E-state index is 0.215. The SMILES string of the molecule is C1=CC(c2cccc(-c3cccc4oc5c(-c6ccc(-c7ccccc7)cc6)nc(-c6ccccc6)nc5c34)c2)CC(n2c3ccccc3c3ccccc32)=C1. The van der Waals surface area contributed by atoms with Crippen LogP contribution >= 0.6 is 0 Å². The molecule has 4 nitrogen and oxygen atoms in total. The Morgan fingerprint density at radius 3 is 1.91 bits per heavy atom. The van der Waals surface area contributed by atoms with Gasteiger partial charge in [-0.05, 0) is 58.5 Å². The van der Waals surface area contributed by atoms with Gasteiger partial charge in [-0.15, -0.1) is 0 Å². The van der Waals surface area contributed by atoms with Crippen LogP contribution in [-0.2, 0) is 0 Å². The maximum Gasteiger partial charge on any atom is 0.180 e. The highest BCUT2D eigenvalue weighted by Crippen LogP contribution is 2.42. The van der Waals surface area contributed by atoms with E-state index < -0.39 is 0 Å². The number of aromatic nitrogens is 3. The molecule has 1 aliphatic carbocycles. The number of hydrogen-bond acceptors (Lipinski definition) is 3. The Hall–Kier alpha value is -7.30. The summed E-state index contributed by atoms with van der Waals surface area (Å²) in [6.45, 7) is 0. The molecule has 0 radical (unpaired) electrons. The van der Waals surface area contributed by atoms with E-state index in [1.54, 1.807) is 0 Å². The molecule has 0 bridgehead atoms. The molecule has 0 fully saturated rings. The summed E-state index contributed by atoms with van der Waals surface area (Å²) in [5.74, 6) is 0.885. The van der Waals surface area contributed by atoms with E-state index in [0.29, 0.717) is 11.4 Å². The third-order valence-electron chi connectivity index (χ3n) is 11.2. The van der Waals surface area contributed by atoms with E-state index in [2.05, 4.69) is 168 Å². The molecule has 7 aromatic carbocycles. The van der Waals surface area contributed by atoms with Crippen LogP contribution in [0.4, 0.5) is 0 Å². The first-order valence-corrected chi connectivity index (χ1v) is 19.2. The van der Waals surface area contributed by atoms with Crippen LogP contribution in [0.25, 0.3) is 94.5 Å². The topological polar surface area (TPSA) is 43.9 Å². The van der Waals surface area contributed by atoms with Crippen LogP contribution in [0.2, 0.25) is 0 Å². The normalized spacial score (nSPS) is 14.2. The Bertz CT molecular complexity index is 3100. The van der Waals surface area contributed by atoms with Crippen LogP contribution < -0.4 is 0 Å². The zero-order valence-electron chi connectivity index (χ0n) is 30.5. The molecule has 0 saturated carbocycles. The average molecular weight is 718 g/mol. The fraction of sp³-hybridized carbons (Fsp3) is 0.0385. The number of nitrogens with zero attached hydrogens (tertiary/aromatic N) is 3. The first-order valence-electron chi connectivity index (χ1n) is 19.2. The third-order valence-corrected chi connectivity index (χ3v) is 11.2. The monoisotopic (exact) mass is 717 g/mol. The number of allylic oxidation sites excluding steroid dienone is 4. The van der Waals surface area contributed by atoms with Crippen molar-refractivity contribution in [2.75, 3.05) is 0 Å².